The second-order valence-electron chi connectivity index (χ2n) is 7.01. The van der Waals surface area contributed by atoms with Gasteiger partial charge < -0.3 is 15.2 Å². The molecule has 5 atom stereocenters. The third kappa shape index (κ3) is 3.73. The van der Waals surface area contributed by atoms with Crippen LogP contribution in [0.25, 0.3) is 0 Å². The van der Waals surface area contributed by atoms with E-state index in [4.69, 9.17) is 15.2 Å². The highest BCUT2D eigenvalue weighted by atomic mass is 16.5. The molecule has 1 saturated carbocycles. The van der Waals surface area contributed by atoms with Crippen molar-refractivity contribution in [3.8, 4) is 0 Å². The van der Waals surface area contributed by atoms with Crippen molar-refractivity contribution in [2.75, 3.05) is 33.9 Å². The molecule has 2 N–H and O–H groups in total. The molecule has 1 saturated heterocycles. The van der Waals surface area contributed by atoms with Gasteiger partial charge in [0.2, 0.25) is 0 Å². The molecular weight excluding hydrogens is 252 g/mol. The Bertz CT molecular complexity index is 286. The molecule has 0 radical (unpaired) electrons. The van der Waals surface area contributed by atoms with Crippen LogP contribution >= 0.6 is 0 Å². The van der Waals surface area contributed by atoms with Crippen molar-refractivity contribution in [1.82, 2.24) is 4.90 Å². The van der Waals surface area contributed by atoms with Crippen LogP contribution in [0.4, 0.5) is 0 Å². The van der Waals surface area contributed by atoms with Crippen LogP contribution in [-0.4, -0.2) is 57.0 Å². The number of nitrogens with zero attached hydrogens (tertiary/aromatic N) is 1. The molecule has 0 spiro atoms. The molecule has 0 aromatic carbocycles. The highest BCUT2D eigenvalue weighted by molar-refractivity contribution is 4.90. The Morgan fingerprint density at radius 1 is 1.10 bits per heavy atom. The summed E-state index contributed by atoms with van der Waals surface area (Å²) in [5.41, 5.74) is 6.36. The van der Waals surface area contributed by atoms with Gasteiger partial charge in [0.1, 0.15) is 0 Å². The lowest BCUT2D eigenvalue weighted by Gasteiger charge is -2.38. The minimum absolute atomic E-state index is 0.209. The number of likely N-dealkylation sites (tertiary alicyclic amines) is 1. The lowest BCUT2D eigenvalue weighted by Crippen LogP contribution is -2.43. The maximum Gasteiger partial charge on any atom is 0.0971 e. The lowest BCUT2D eigenvalue weighted by molar-refractivity contribution is -0.00461. The summed E-state index contributed by atoms with van der Waals surface area (Å²) in [7, 11) is 3.56. The largest absolute Gasteiger partial charge is 0.377 e. The molecule has 1 aliphatic heterocycles. The van der Waals surface area contributed by atoms with Crippen molar-refractivity contribution >= 4 is 0 Å². The van der Waals surface area contributed by atoms with Crippen LogP contribution in [0.3, 0.4) is 0 Å². The molecule has 2 rings (SSSR count). The molecule has 0 bridgehead atoms. The topological polar surface area (TPSA) is 47.7 Å². The number of hydrogen-bond donors (Lipinski definition) is 1. The Balaban J connectivity index is 1.88. The highest BCUT2D eigenvalue weighted by Crippen LogP contribution is 2.34. The van der Waals surface area contributed by atoms with Gasteiger partial charge in [-0.2, -0.15) is 0 Å². The monoisotopic (exact) mass is 284 g/mol. The number of hydrogen-bond acceptors (Lipinski definition) is 4. The smallest absolute Gasteiger partial charge is 0.0971 e. The second-order valence-corrected chi connectivity index (χ2v) is 7.01. The lowest BCUT2D eigenvalue weighted by atomic mass is 9.74. The van der Waals surface area contributed by atoms with E-state index in [1.807, 2.05) is 0 Å². The summed E-state index contributed by atoms with van der Waals surface area (Å²) in [6, 6.07) is 0.368. The van der Waals surface area contributed by atoms with Crippen LogP contribution in [-0.2, 0) is 9.47 Å². The van der Waals surface area contributed by atoms with Gasteiger partial charge in [-0.25, -0.2) is 0 Å². The van der Waals surface area contributed by atoms with Crippen molar-refractivity contribution < 1.29 is 9.47 Å². The fraction of sp³-hybridized carbons (Fsp3) is 1.00. The summed E-state index contributed by atoms with van der Waals surface area (Å²) in [4.78, 5) is 2.48. The molecule has 2 aliphatic rings. The second kappa shape index (κ2) is 7.21. The molecule has 0 aromatic heterocycles. The molecule has 2 fully saturated rings. The normalized spacial score (nSPS) is 39.6. The van der Waals surface area contributed by atoms with Crippen LogP contribution in [0.5, 0.6) is 0 Å². The van der Waals surface area contributed by atoms with E-state index in [2.05, 4.69) is 18.7 Å². The van der Waals surface area contributed by atoms with Gasteiger partial charge in [0, 0.05) is 39.9 Å². The van der Waals surface area contributed by atoms with Gasteiger partial charge in [-0.1, -0.05) is 13.8 Å². The van der Waals surface area contributed by atoms with Gasteiger partial charge in [-0.15, -0.1) is 0 Å². The maximum absolute atomic E-state index is 6.36. The zero-order valence-electron chi connectivity index (χ0n) is 13.5. The van der Waals surface area contributed by atoms with Gasteiger partial charge in [-0.3, -0.25) is 4.90 Å². The summed E-state index contributed by atoms with van der Waals surface area (Å²) >= 11 is 0. The van der Waals surface area contributed by atoms with E-state index in [0.717, 1.165) is 31.5 Å². The van der Waals surface area contributed by atoms with E-state index in [0.29, 0.717) is 12.0 Å². The quantitative estimate of drug-likeness (QED) is 0.835. The van der Waals surface area contributed by atoms with E-state index in [9.17, 15) is 0 Å². The van der Waals surface area contributed by atoms with Crippen molar-refractivity contribution in [3.63, 3.8) is 0 Å². The summed E-state index contributed by atoms with van der Waals surface area (Å²) in [6.07, 6.45) is 4.19. The fourth-order valence-electron chi connectivity index (χ4n) is 3.89. The minimum Gasteiger partial charge on any atom is -0.377 e. The van der Waals surface area contributed by atoms with Gasteiger partial charge in [0.25, 0.3) is 0 Å². The highest BCUT2D eigenvalue weighted by Gasteiger charge is 2.36. The van der Waals surface area contributed by atoms with Crippen molar-refractivity contribution in [2.45, 2.75) is 51.4 Å². The zero-order chi connectivity index (χ0) is 14.7. The molecule has 0 aromatic rings. The summed E-state index contributed by atoms with van der Waals surface area (Å²) in [5.74, 6) is 2.25. The molecular formula is C16H32N2O2. The first-order valence-electron chi connectivity index (χ1n) is 8.08. The first kappa shape index (κ1) is 16.2. The van der Waals surface area contributed by atoms with Gasteiger partial charge in [0.05, 0.1) is 12.2 Å². The van der Waals surface area contributed by atoms with Crippen LogP contribution in [0, 0.1) is 17.8 Å². The molecule has 1 aliphatic carbocycles. The van der Waals surface area contributed by atoms with E-state index in [-0.39, 0.29) is 12.2 Å². The first-order chi connectivity index (χ1) is 9.55. The SMILES string of the molecule is COC1CN(CC2CC(C(C)C)CCC2N)CC1OC. The standard InChI is InChI=1S/C16H32N2O2/c1-11(2)12-5-6-14(17)13(7-12)8-18-9-15(19-3)16(10-18)20-4/h11-16H,5-10,17H2,1-4H3. The molecule has 0 amide bonds. The molecule has 20 heavy (non-hydrogen) atoms. The first-order valence-corrected chi connectivity index (χ1v) is 8.08. The molecule has 5 unspecified atom stereocenters. The Kier molecular flexibility index (Phi) is 5.84. The third-order valence-corrected chi connectivity index (χ3v) is 5.41. The van der Waals surface area contributed by atoms with Crippen LogP contribution in [0.2, 0.25) is 0 Å². The molecule has 4 heteroatoms. The van der Waals surface area contributed by atoms with Gasteiger partial charge in [-0.05, 0) is 37.0 Å². The van der Waals surface area contributed by atoms with E-state index < -0.39 is 0 Å². The van der Waals surface area contributed by atoms with Gasteiger partial charge >= 0.3 is 0 Å². The summed E-state index contributed by atoms with van der Waals surface area (Å²) < 4.78 is 11.0. The summed E-state index contributed by atoms with van der Waals surface area (Å²) in [5, 5.41) is 0. The van der Waals surface area contributed by atoms with E-state index >= 15 is 0 Å². The Morgan fingerprint density at radius 3 is 2.20 bits per heavy atom. The maximum atomic E-state index is 6.36. The number of methoxy groups -OCH3 is 2. The molecule has 118 valence electrons. The molecule has 1 heterocycles. The Morgan fingerprint density at radius 2 is 1.70 bits per heavy atom. The summed E-state index contributed by atoms with van der Waals surface area (Å²) in [6.45, 7) is 7.74. The fourth-order valence-corrected chi connectivity index (χ4v) is 3.89. The average molecular weight is 284 g/mol. The Hall–Kier alpha value is -0.160. The average Bonchev–Trinajstić information content (AvgIpc) is 2.83. The van der Waals surface area contributed by atoms with Crippen LogP contribution in [0.15, 0.2) is 0 Å². The zero-order valence-corrected chi connectivity index (χ0v) is 13.5. The number of ether oxygens (including phenoxy) is 2. The molecule has 4 nitrogen and oxygen atoms in total. The van der Waals surface area contributed by atoms with Crippen molar-refractivity contribution in [2.24, 2.45) is 23.5 Å². The minimum atomic E-state index is 0.209. The Labute approximate surface area is 124 Å². The van der Waals surface area contributed by atoms with E-state index in [1.165, 1.54) is 19.3 Å². The van der Waals surface area contributed by atoms with E-state index in [1.54, 1.807) is 14.2 Å². The van der Waals surface area contributed by atoms with Crippen LogP contribution in [0.1, 0.15) is 33.1 Å². The van der Waals surface area contributed by atoms with Crippen molar-refractivity contribution in [1.29, 1.82) is 0 Å². The number of rotatable bonds is 5. The van der Waals surface area contributed by atoms with Crippen molar-refractivity contribution in [3.05, 3.63) is 0 Å². The third-order valence-electron chi connectivity index (χ3n) is 5.41. The predicted molar refractivity (Wildman–Crippen MR) is 81.7 cm³/mol. The number of nitrogens with two attached hydrogens (primary N) is 1. The predicted octanol–water partition coefficient (Wildman–Crippen LogP) is 1.73. The van der Waals surface area contributed by atoms with Gasteiger partial charge in [0.15, 0.2) is 0 Å². The van der Waals surface area contributed by atoms with Crippen LogP contribution < -0.4 is 5.73 Å².